The molecule has 0 saturated carbocycles. The predicted molar refractivity (Wildman–Crippen MR) is 34.5 cm³/mol. The van der Waals surface area contributed by atoms with Crippen LogP contribution in [0.15, 0.2) is 12.2 Å². The van der Waals surface area contributed by atoms with E-state index >= 15 is 0 Å². The number of carboxylic acid groups (broad SMARTS) is 1. The third-order valence-corrected chi connectivity index (χ3v) is 0.649. The van der Waals surface area contributed by atoms with Crippen LogP contribution in [0, 0.1) is 0 Å². The standard InChI is InChI=1S/C6H8O4.Li.H/c1-2-10-6(9)4-3-5(7)8;;/h3-4H,2H2,1H3,(H,7,8);;/q;+1;-1/b4-3-;;. The summed E-state index contributed by atoms with van der Waals surface area (Å²) in [6.07, 6.45) is 1.60. The number of aliphatic carboxylic acids is 1. The van der Waals surface area contributed by atoms with Gasteiger partial charge in [-0.1, -0.05) is 0 Å². The van der Waals surface area contributed by atoms with E-state index < -0.39 is 11.9 Å². The molecule has 0 saturated heterocycles. The molecule has 58 valence electrons. The summed E-state index contributed by atoms with van der Waals surface area (Å²) in [7, 11) is 0. The van der Waals surface area contributed by atoms with Crippen molar-refractivity contribution >= 4 is 11.9 Å². The van der Waals surface area contributed by atoms with Crippen LogP contribution in [0.4, 0.5) is 0 Å². The van der Waals surface area contributed by atoms with Crippen LogP contribution in [0.2, 0.25) is 0 Å². The Labute approximate surface area is 77.9 Å². The maximum absolute atomic E-state index is 10.4. The third-order valence-electron chi connectivity index (χ3n) is 0.649. The Morgan fingerprint density at radius 3 is 2.45 bits per heavy atom. The third kappa shape index (κ3) is 9.28. The van der Waals surface area contributed by atoms with Crippen molar-refractivity contribution in [2.75, 3.05) is 6.61 Å². The second-order valence-electron chi connectivity index (χ2n) is 1.42. The molecule has 1 N–H and O–H groups in total. The summed E-state index contributed by atoms with van der Waals surface area (Å²) in [4.78, 5) is 20.2. The molecule has 0 aliphatic carbocycles. The SMILES string of the molecule is CCOC(=O)/C=C\C(=O)O.[H-].[Li+]. The Morgan fingerprint density at radius 2 is 2.09 bits per heavy atom. The number of carbonyl (C=O) groups is 2. The Morgan fingerprint density at radius 1 is 1.55 bits per heavy atom. The fourth-order valence-corrected chi connectivity index (χ4v) is 0.330. The van der Waals surface area contributed by atoms with E-state index in [4.69, 9.17) is 5.11 Å². The first-order chi connectivity index (χ1) is 4.66. The van der Waals surface area contributed by atoms with Crippen LogP contribution in [0.25, 0.3) is 0 Å². The number of ether oxygens (including phenoxy) is 1. The van der Waals surface area contributed by atoms with E-state index in [0.717, 1.165) is 12.2 Å². The molecule has 0 fully saturated rings. The van der Waals surface area contributed by atoms with E-state index in [2.05, 4.69) is 4.74 Å². The van der Waals surface area contributed by atoms with E-state index in [1.807, 2.05) is 0 Å². The van der Waals surface area contributed by atoms with Gasteiger partial charge in [-0.3, -0.25) is 0 Å². The molecular formula is C6H9LiO4. The summed E-state index contributed by atoms with van der Waals surface area (Å²) in [5.74, 6) is -1.79. The van der Waals surface area contributed by atoms with Crippen molar-refractivity contribution in [3.8, 4) is 0 Å². The van der Waals surface area contributed by atoms with E-state index in [-0.39, 0.29) is 26.9 Å². The molecule has 0 amide bonds. The molecular weight excluding hydrogens is 143 g/mol. The average molecular weight is 152 g/mol. The van der Waals surface area contributed by atoms with E-state index in [9.17, 15) is 9.59 Å². The minimum Gasteiger partial charge on any atom is -1.00 e. The average Bonchev–Trinajstić information content (AvgIpc) is 1.85. The van der Waals surface area contributed by atoms with Crippen LogP contribution in [-0.2, 0) is 14.3 Å². The summed E-state index contributed by atoms with van der Waals surface area (Å²) in [6, 6.07) is 0. The van der Waals surface area contributed by atoms with Crippen molar-refractivity contribution in [2.45, 2.75) is 6.92 Å². The topological polar surface area (TPSA) is 63.6 Å². The fraction of sp³-hybridized carbons (Fsp3) is 0.333. The van der Waals surface area contributed by atoms with Crippen LogP contribution in [-0.4, -0.2) is 23.7 Å². The summed E-state index contributed by atoms with van der Waals surface area (Å²) in [5.41, 5.74) is 0. The second kappa shape index (κ2) is 7.39. The van der Waals surface area contributed by atoms with Gasteiger partial charge in [-0.25, -0.2) is 9.59 Å². The van der Waals surface area contributed by atoms with Crippen molar-refractivity contribution in [1.82, 2.24) is 0 Å². The minimum atomic E-state index is -1.16. The smallest absolute Gasteiger partial charge is 1.00 e. The van der Waals surface area contributed by atoms with Gasteiger partial charge < -0.3 is 11.3 Å². The summed E-state index contributed by atoms with van der Waals surface area (Å²) >= 11 is 0. The zero-order valence-electron chi connectivity index (χ0n) is 7.53. The van der Waals surface area contributed by atoms with Gasteiger partial charge in [0, 0.05) is 12.2 Å². The first-order valence-corrected chi connectivity index (χ1v) is 2.74. The van der Waals surface area contributed by atoms with Gasteiger partial charge in [-0.05, 0) is 6.92 Å². The number of carbonyl (C=O) groups excluding carboxylic acids is 1. The monoisotopic (exact) mass is 152 g/mol. The number of esters is 1. The molecule has 0 bridgehead atoms. The normalized spacial score (nSPS) is 8.82. The summed E-state index contributed by atoms with van der Waals surface area (Å²) in [6.45, 7) is 1.90. The molecule has 0 aromatic heterocycles. The maximum Gasteiger partial charge on any atom is 1.00 e. The second-order valence-corrected chi connectivity index (χ2v) is 1.42. The van der Waals surface area contributed by atoms with E-state index in [1.54, 1.807) is 6.92 Å². The van der Waals surface area contributed by atoms with Gasteiger partial charge >= 0.3 is 30.8 Å². The van der Waals surface area contributed by atoms with Crippen molar-refractivity contribution in [1.29, 1.82) is 0 Å². The zero-order chi connectivity index (χ0) is 7.98. The molecule has 0 spiro atoms. The Hall–Kier alpha value is -0.723. The van der Waals surface area contributed by atoms with Gasteiger partial charge in [0.05, 0.1) is 6.61 Å². The number of hydrogen-bond acceptors (Lipinski definition) is 3. The maximum atomic E-state index is 10.4. The largest absolute Gasteiger partial charge is 1.00 e. The van der Waals surface area contributed by atoms with Crippen LogP contribution in [0.5, 0.6) is 0 Å². The first-order valence-electron chi connectivity index (χ1n) is 2.74. The van der Waals surface area contributed by atoms with Gasteiger partial charge in [0.25, 0.3) is 0 Å². The summed E-state index contributed by atoms with van der Waals surface area (Å²) in [5, 5.41) is 8.04. The van der Waals surface area contributed by atoms with Crippen LogP contribution in [0.3, 0.4) is 0 Å². The molecule has 4 nitrogen and oxygen atoms in total. The van der Waals surface area contributed by atoms with Crippen molar-refractivity contribution in [2.24, 2.45) is 0 Å². The molecule has 0 heterocycles. The molecule has 5 heteroatoms. The van der Waals surface area contributed by atoms with Gasteiger partial charge in [0.1, 0.15) is 0 Å². The zero-order valence-corrected chi connectivity index (χ0v) is 6.53. The van der Waals surface area contributed by atoms with Crippen LogP contribution < -0.4 is 18.9 Å². The molecule has 0 aromatic carbocycles. The minimum absolute atomic E-state index is 0. The van der Waals surface area contributed by atoms with Gasteiger partial charge in [-0.15, -0.1) is 0 Å². The molecule has 0 rings (SSSR count). The Kier molecular flexibility index (Phi) is 8.67. The van der Waals surface area contributed by atoms with E-state index in [0.29, 0.717) is 0 Å². The number of carboxylic acids is 1. The van der Waals surface area contributed by atoms with E-state index in [1.165, 1.54) is 0 Å². The molecule has 11 heavy (non-hydrogen) atoms. The fourth-order valence-electron chi connectivity index (χ4n) is 0.330. The van der Waals surface area contributed by atoms with Crippen molar-refractivity contribution in [3.05, 3.63) is 12.2 Å². The van der Waals surface area contributed by atoms with Gasteiger partial charge in [0.15, 0.2) is 0 Å². The van der Waals surface area contributed by atoms with Crippen molar-refractivity contribution in [3.63, 3.8) is 0 Å². The van der Waals surface area contributed by atoms with Crippen LogP contribution >= 0.6 is 0 Å². The quantitative estimate of drug-likeness (QED) is 0.271. The van der Waals surface area contributed by atoms with Crippen molar-refractivity contribution < 1.29 is 39.7 Å². The molecule has 0 radical (unpaired) electrons. The number of rotatable bonds is 3. The van der Waals surface area contributed by atoms with Gasteiger partial charge in [-0.2, -0.15) is 0 Å². The van der Waals surface area contributed by atoms with Gasteiger partial charge in [0.2, 0.25) is 0 Å². The summed E-state index contributed by atoms with van der Waals surface area (Å²) < 4.78 is 4.40. The molecule has 0 aromatic rings. The van der Waals surface area contributed by atoms with Crippen LogP contribution in [0.1, 0.15) is 8.35 Å². The predicted octanol–water partition coefficient (Wildman–Crippen LogP) is -2.69. The molecule has 0 aliphatic rings. The first kappa shape index (κ1) is 12.9. The molecule has 0 aliphatic heterocycles. The Bertz CT molecular complexity index is 169. The molecule has 0 unspecified atom stereocenters. The molecule has 0 atom stereocenters. The number of hydrogen-bond donors (Lipinski definition) is 1. The Balaban J connectivity index is -0.000000405.